The third kappa shape index (κ3) is 7.10. The van der Waals surface area contributed by atoms with E-state index >= 15 is 0 Å². The van der Waals surface area contributed by atoms with Crippen LogP contribution in [0.2, 0.25) is 0 Å². The van der Waals surface area contributed by atoms with Gasteiger partial charge in [-0.2, -0.15) is 15.5 Å². The van der Waals surface area contributed by atoms with Crippen LogP contribution in [0.25, 0.3) is 10.8 Å². The lowest BCUT2D eigenvalue weighted by molar-refractivity contribution is -0.126. The lowest BCUT2D eigenvalue weighted by Gasteiger charge is -2.38. The average molecular weight is 598 g/mol. The number of aromatic nitrogens is 1. The molecule has 1 amide bonds. The number of carbonyl (C=O) groups is 1. The molecule has 0 radical (unpaired) electrons. The minimum Gasteiger partial charge on any atom is -0.480 e. The van der Waals surface area contributed by atoms with E-state index in [0.717, 1.165) is 28.0 Å². The SMILES string of the molecule is C=CC(=O)N1CCN(c2nc(OC)c(C#N)c3c2CCN(c2cccc4cccc(F)c24)C3)CC1.CC#N.CN1CCCC1. The van der Waals surface area contributed by atoms with Gasteiger partial charge in [0.15, 0.2) is 0 Å². The van der Waals surface area contributed by atoms with Gasteiger partial charge in [-0.05, 0) is 63.0 Å². The fourth-order valence-corrected chi connectivity index (χ4v) is 6.00. The van der Waals surface area contributed by atoms with Gasteiger partial charge < -0.3 is 24.3 Å². The van der Waals surface area contributed by atoms with Crippen LogP contribution in [-0.4, -0.2) is 80.7 Å². The quantitative estimate of drug-likeness (QED) is 0.392. The number of ether oxygens (including phenoxy) is 1. The molecule has 0 unspecified atom stereocenters. The largest absolute Gasteiger partial charge is 0.480 e. The van der Waals surface area contributed by atoms with Crippen molar-refractivity contribution in [1.29, 1.82) is 10.5 Å². The summed E-state index contributed by atoms with van der Waals surface area (Å²) in [5.41, 5.74) is 3.10. The predicted molar refractivity (Wildman–Crippen MR) is 171 cm³/mol. The number of rotatable bonds is 4. The van der Waals surface area contributed by atoms with Crippen molar-refractivity contribution >= 4 is 28.2 Å². The molecule has 2 fully saturated rings. The molecule has 1 aromatic heterocycles. The maximum atomic E-state index is 14.8. The Balaban J connectivity index is 0.000000427. The molecule has 0 aliphatic carbocycles. The number of anilines is 2. The van der Waals surface area contributed by atoms with E-state index in [9.17, 15) is 14.4 Å². The number of halogens is 1. The van der Waals surface area contributed by atoms with E-state index in [1.807, 2.05) is 24.3 Å². The molecule has 0 N–H and O–H groups in total. The van der Waals surface area contributed by atoms with Crippen LogP contribution >= 0.6 is 0 Å². The Labute approximate surface area is 259 Å². The molecule has 44 heavy (non-hydrogen) atoms. The van der Waals surface area contributed by atoms with Crippen molar-refractivity contribution in [2.45, 2.75) is 32.7 Å². The molecule has 3 aromatic rings. The van der Waals surface area contributed by atoms with Crippen LogP contribution < -0.4 is 14.5 Å². The minimum absolute atomic E-state index is 0.0741. The van der Waals surface area contributed by atoms with E-state index in [1.54, 1.807) is 17.0 Å². The Kier molecular flexibility index (Phi) is 11.1. The van der Waals surface area contributed by atoms with Gasteiger partial charge in [-0.25, -0.2) is 4.39 Å². The zero-order valence-corrected chi connectivity index (χ0v) is 25.9. The number of methoxy groups -OCH3 is 1. The van der Waals surface area contributed by atoms with Crippen LogP contribution in [0.1, 0.15) is 36.5 Å². The Hall–Kier alpha value is -4.67. The zero-order chi connectivity index (χ0) is 31.6. The van der Waals surface area contributed by atoms with Crippen molar-refractivity contribution in [2.75, 3.05) is 69.8 Å². The molecular formula is C34H40FN7O2. The molecule has 0 spiro atoms. The van der Waals surface area contributed by atoms with Gasteiger partial charge in [-0.15, -0.1) is 0 Å². The zero-order valence-electron chi connectivity index (χ0n) is 25.9. The Morgan fingerprint density at radius 1 is 1.00 bits per heavy atom. The first-order valence-electron chi connectivity index (χ1n) is 14.9. The molecule has 2 aromatic carbocycles. The summed E-state index contributed by atoms with van der Waals surface area (Å²) in [6.07, 6.45) is 4.82. The number of piperazine rings is 1. The first-order chi connectivity index (χ1) is 21.4. The van der Waals surface area contributed by atoms with Gasteiger partial charge in [0.25, 0.3) is 0 Å². The molecule has 3 aliphatic heterocycles. The van der Waals surface area contributed by atoms with E-state index in [-0.39, 0.29) is 17.6 Å². The number of hydrogen-bond acceptors (Lipinski definition) is 8. The molecular weight excluding hydrogens is 557 g/mol. The van der Waals surface area contributed by atoms with Crippen LogP contribution in [0.3, 0.4) is 0 Å². The first-order valence-corrected chi connectivity index (χ1v) is 14.9. The Morgan fingerprint density at radius 3 is 2.23 bits per heavy atom. The summed E-state index contributed by atoms with van der Waals surface area (Å²) in [5.74, 6) is 0.751. The molecule has 3 aliphatic rings. The second-order valence-corrected chi connectivity index (χ2v) is 10.9. The summed E-state index contributed by atoms with van der Waals surface area (Å²) >= 11 is 0. The number of nitrogens with zero attached hydrogens (tertiary/aromatic N) is 7. The summed E-state index contributed by atoms with van der Waals surface area (Å²) < 4.78 is 20.4. The van der Waals surface area contributed by atoms with Crippen LogP contribution in [0.4, 0.5) is 15.9 Å². The highest BCUT2D eigenvalue weighted by Gasteiger charge is 2.31. The number of fused-ring (bicyclic) bond motifs is 2. The summed E-state index contributed by atoms with van der Waals surface area (Å²) in [4.78, 5) is 25.1. The van der Waals surface area contributed by atoms with E-state index in [0.29, 0.717) is 56.6 Å². The van der Waals surface area contributed by atoms with Gasteiger partial charge in [0.2, 0.25) is 11.8 Å². The summed E-state index contributed by atoms with van der Waals surface area (Å²) in [6, 6.07) is 14.9. The van der Waals surface area contributed by atoms with Gasteiger partial charge in [-0.1, -0.05) is 30.8 Å². The summed E-state index contributed by atoms with van der Waals surface area (Å²) in [7, 11) is 3.69. The maximum Gasteiger partial charge on any atom is 0.246 e. The second-order valence-electron chi connectivity index (χ2n) is 10.9. The third-order valence-corrected chi connectivity index (χ3v) is 8.21. The molecule has 0 saturated carbocycles. The van der Waals surface area contributed by atoms with E-state index < -0.39 is 0 Å². The number of carbonyl (C=O) groups excluding carboxylic acids is 1. The van der Waals surface area contributed by atoms with Crippen LogP contribution in [0.5, 0.6) is 5.88 Å². The Bertz CT molecular complexity index is 1560. The van der Waals surface area contributed by atoms with Gasteiger partial charge in [0, 0.05) is 68.4 Å². The van der Waals surface area contributed by atoms with Crippen molar-refractivity contribution in [2.24, 2.45) is 0 Å². The van der Waals surface area contributed by atoms with Crippen molar-refractivity contribution in [1.82, 2.24) is 14.8 Å². The smallest absolute Gasteiger partial charge is 0.246 e. The van der Waals surface area contributed by atoms with Crippen molar-refractivity contribution < 1.29 is 13.9 Å². The molecule has 10 heteroatoms. The number of hydrogen-bond donors (Lipinski definition) is 0. The molecule has 6 rings (SSSR count). The lowest BCUT2D eigenvalue weighted by atomic mass is 9.94. The highest BCUT2D eigenvalue weighted by atomic mass is 19.1. The second kappa shape index (κ2) is 15.2. The summed E-state index contributed by atoms with van der Waals surface area (Å²) in [5, 5.41) is 18.7. The molecule has 2 saturated heterocycles. The number of likely N-dealkylation sites (tertiary alicyclic amines) is 1. The van der Waals surface area contributed by atoms with E-state index in [2.05, 4.69) is 34.4 Å². The number of benzene rings is 2. The third-order valence-electron chi connectivity index (χ3n) is 8.21. The van der Waals surface area contributed by atoms with Gasteiger partial charge in [0.1, 0.15) is 23.3 Å². The number of amides is 1. The molecule has 4 heterocycles. The van der Waals surface area contributed by atoms with Gasteiger partial charge in [0.05, 0.1) is 13.2 Å². The van der Waals surface area contributed by atoms with Crippen molar-refractivity contribution in [3.8, 4) is 18.0 Å². The van der Waals surface area contributed by atoms with E-state index in [4.69, 9.17) is 15.0 Å². The van der Waals surface area contributed by atoms with Crippen LogP contribution in [-0.2, 0) is 17.8 Å². The standard InChI is InChI=1S/C27H26FN5O2.C5H11N.C2H3N/c1-3-24(34)31-12-14-32(15-13-31)26-19-10-11-33(17-21(19)20(16-29)27(30-26)35-2)23-9-5-7-18-6-4-8-22(28)25(18)23;1-6-4-2-3-5-6;1-2-3/h3-9H,1,10-15,17H2,2H3;2-5H2,1H3;1H3. The highest BCUT2D eigenvalue weighted by Crippen LogP contribution is 2.38. The van der Waals surface area contributed by atoms with Crippen LogP contribution in [0, 0.1) is 28.5 Å². The Morgan fingerprint density at radius 2 is 1.66 bits per heavy atom. The fourth-order valence-electron chi connectivity index (χ4n) is 6.00. The molecule has 0 bridgehead atoms. The lowest BCUT2D eigenvalue weighted by Crippen LogP contribution is -2.49. The normalized spacial score (nSPS) is 16.0. The predicted octanol–water partition coefficient (Wildman–Crippen LogP) is 4.89. The first kappa shape index (κ1) is 32.2. The number of nitriles is 2. The summed E-state index contributed by atoms with van der Waals surface area (Å²) in [6.45, 7) is 11.2. The number of pyridine rings is 1. The van der Waals surface area contributed by atoms with E-state index in [1.165, 1.54) is 52.1 Å². The topological polar surface area (TPSA) is 99.7 Å². The fraction of sp³-hybridized carbons (Fsp3) is 0.412. The van der Waals surface area contributed by atoms with Crippen molar-refractivity contribution in [3.05, 3.63) is 71.6 Å². The minimum atomic E-state index is -0.260. The average Bonchev–Trinajstić information content (AvgIpc) is 3.54. The van der Waals surface area contributed by atoms with Crippen molar-refractivity contribution in [3.63, 3.8) is 0 Å². The van der Waals surface area contributed by atoms with Crippen LogP contribution in [0.15, 0.2) is 49.1 Å². The van der Waals surface area contributed by atoms with Gasteiger partial charge >= 0.3 is 0 Å². The maximum absolute atomic E-state index is 14.8. The molecule has 0 atom stereocenters. The monoisotopic (exact) mass is 597 g/mol. The highest BCUT2D eigenvalue weighted by molar-refractivity contribution is 5.95. The van der Waals surface area contributed by atoms with Gasteiger partial charge in [-0.3, -0.25) is 4.79 Å². The molecule has 9 nitrogen and oxygen atoms in total. The molecule has 230 valence electrons.